The van der Waals surface area contributed by atoms with E-state index in [0.717, 1.165) is 4.90 Å². The Kier molecular flexibility index (Phi) is 5.73. The van der Waals surface area contributed by atoms with Gasteiger partial charge in [0.05, 0.1) is 4.92 Å². The normalized spacial score (nSPS) is 10.3. The Morgan fingerprint density at radius 2 is 1.67 bits per heavy atom. The number of thioether (sulfide) groups is 1. The molecule has 0 heterocycles. The molecule has 1 amide bonds. The third-order valence-corrected chi connectivity index (χ3v) is 4.46. The number of nitro benzene ring substituents is 1. The molecule has 0 spiro atoms. The van der Waals surface area contributed by atoms with E-state index in [-0.39, 0.29) is 11.3 Å². The van der Waals surface area contributed by atoms with E-state index in [4.69, 9.17) is 4.74 Å². The Labute approximate surface area is 160 Å². The molecule has 3 aromatic rings. The minimum Gasteiger partial charge on any atom is -0.457 e. The topological polar surface area (TPSA) is 81.5 Å². The Balaban J connectivity index is 1.75. The number of anilines is 1. The second-order valence-corrected chi connectivity index (χ2v) is 6.41. The van der Waals surface area contributed by atoms with Crippen molar-refractivity contribution in [3.63, 3.8) is 0 Å². The van der Waals surface area contributed by atoms with Crippen molar-refractivity contribution in [1.82, 2.24) is 0 Å². The van der Waals surface area contributed by atoms with Crippen LogP contribution in [0.25, 0.3) is 0 Å². The van der Waals surface area contributed by atoms with E-state index in [9.17, 15) is 14.9 Å². The number of nitrogens with zero attached hydrogens (tertiary/aromatic N) is 1. The Bertz CT molecular complexity index is 959. The fraction of sp³-hybridized carbons (Fsp3) is 0.0500. The summed E-state index contributed by atoms with van der Waals surface area (Å²) in [7, 11) is 0. The van der Waals surface area contributed by atoms with Crippen LogP contribution in [0.2, 0.25) is 0 Å². The van der Waals surface area contributed by atoms with E-state index in [1.165, 1.54) is 23.9 Å². The minimum atomic E-state index is -0.560. The van der Waals surface area contributed by atoms with Crippen LogP contribution in [0.1, 0.15) is 10.4 Å². The van der Waals surface area contributed by atoms with Gasteiger partial charge in [-0.15, -0.1) is 11.8 Å². The summed E-state index contributed by atoms with van der Waals surface area (Å²) in [4.78, 5) is 23.9. The molecule has 6 nitrogen and oxygen atoms in total. The molecule has 0 aliphatic carbocycles. The summed E-state index contributed by atoms with van der Waals surface area (Å²) >= 11 is 1.41. The lowest BCUT2D eigenvalue weighted by Gasteiger charge is -2.09. The van der Waals surface area contributed by atoms with E-state index in [2.05, 4.69) is 5.32 Å². The summed E-state index contributed by atoms with van der Waals surface area (Å²) in [5.41, 5.74) is 0.315. The molecule has 136 valence electrons. The summed E-state index contributed by atoms with van der Waals surface area (Å²) in [5, 5.41) is 13.9. The first kappa shape index (κ1) is 18.5. The van der Waals surface area contributed by atoms with Gasteiger partial charge in [-0.25, -0.2) is 0 Å². The third kappa shape index (κ3) is 4.65. The quantitative estimate of drug-likeness (QED) is 0.354. The van der Waals surface area contributed by atoms with Crippen LogP contribution in [0.15, 0.2) is 77.7 Å². The minimum absolute atomic E-state index is 0.0245. The zero-order valence-electron chi connectivity index (χ0n) is 14.4. The number of nitrogens with one attached hydrogen (secondary N) is 1. The molecule has 3 rings (SSSR count). The maximum atomic E-state index is 12.5. The molecule has 0 aliphatic rings. The SMILES string of the molecule is CSc1ccc([N+](=O)[O-])c(C(=O)Nc2ccc(Oc3ccccc3)cc2)c1. The number of hydrogen-bond donors (Lipinski definition) is 1. The Hall–Kier alpha value is -3.32. The molecular weight excluding hydrogens is 364 g/mol. The highest BCUT2D eigenvalue weighted by Gasteiger charge is 2.20. The van der Waals surface area contributed by atoms with Gasteiger partial charge in [0.25, 0.3) is 11.6 Å². The second-order valence-electron chi connectivity index (χ2n) is 5.53. The van der Waals surface area contributed by atoms with Gasteiger partial charge in [-0.3, -0.25) is 14.9 Å². The summed E-state index contributed by atoms with van der Waals surface area (Å²) in [5.74, 6) is 0.794. The predicted molar refractivity (Wildman–Crippen MR) is 106 cm³/mol. The van der Waals surface area contributed by atoms with Gasteiger partial charge in [-0.05, 0) is 54.8 Å². The van der Waals surface area contributed by atoms with Gasteiger partial charge in [-0.2, -0.15) is 0 Å². The lowest BCUT2D eigenvalue weighted by Crippen LogP contribution is -2.14. The van der Waals surface area contributed by atoms with E-state index < -0.39 is 10.8 Å². The van der Waals surface area contributed by atoms with E-state index >= 15 is 0 Å². The maximum Gasteiger partial charge on any atom is 0.282 e. The van der Waals surface area contributed by atoms with Gasteiger partial charge in [-0.1, -0.05) is 18.2 Å². The first-order valence-electron chi connectivity index (χ1n) is 8.03. The zero-order chi connectivity index (χ0) is 19.2. The van der Waals surface area contributed by atoms with Crippen LogP contribution in [0.4, 0.5) is 11.4 Å². The molecule has 27 heavy (non-hydrogen) atoms. The van der Waals surface area contributed by atoms with Crippen molar-refractivity contribution in [1.29, 1.82) is 0 Å². The summed E-state index contributed by atoms with van der Waals surface area (Å²) in [6.07, 6.45) is 1.84. The van der Waals surface area contributed by atoms with Crippen molar-refractivity contribution >= 4 is 29.0 Å². The molecule has 0 aromatic heterocycles. The number of ether oxygens (including phenoxy) is 1. The highest BCUT2D eigenvalue weighted by molar-refractivity contribution is 7.98. The third-order valence-electron chi connectivity index (χ3n) is 3.74. The van der Waals surface area contributed by atoms with Crippen LogP contribution in [0, 0.1) is 10.1 Å². The van der Waals surface area contributed by atoms with Crippen molar-refractivity contribution < 1.29 is 14.5 Å². The van der Waals surface area contributed by atoms with E-state index in [0.29, 0.717) is 17.2 Å². The molecule has 0 unspecified atom stereocenters. The lowest BCUT2D eigenvalue weighted by atomic mass is 10.1. The van der Waals surface area contributed by atoms with Crippen molar-refractivity contribution in [2.45, 2.75) is 4.90 Å². The number of para-hydroxylation sites is 1. The highest BCUT2D eigenvalue weighted by Crippen LogP contribution is 2.27. The molecule has 0 fully saturated rings. The predicted octanol–water partition coefficient (Wildman–Crippen LogP) is 5.36. The number of rotatable bonds is 6. The average molecular weight is 380 g/mol. The average Bonchev–Trinajstić information content (AvgIpc) is 2.69. The molecule has 0 aliphatic heterocycles. The fourth-order valence-corrected chi connectivity index (χ4v) is 2.85. The van der Waals surface area contributed by atoms with Crippen molar-refractivity contribution in [2.75, 3.05) is 11.6 Å². The van der Waals surface area contributed by atoms with Crippen LogP contribution in [-0.4, -0.2) is 17.1 Å². The van der Waals surface area contributed by atoms with Crippen molar-refractivity contribution in [3.8, 4) is 11.5 Å². The molecule has 0 saturated heterocycles. The standard InChI is InChI=1S/C20H16N2O4S/c1-27-17-11-12-19(22(24)25)18(13-17)20(23)21-14-7-9-16(10-8-14)26-15-5-3-2-4-6-15/h2-13H,1H3,(H,21,23). The van der Waals surface area contributed by atoms with Crippen LogP contribution in [0.3, 0.4) is 0 Å². The zero-order valence-corrected chi connectivity index (χ0v) is 15.2. The number of carbonyl (C=O) groups excluding carboxylic acids is 1. The fourth-order valence-electron chi connectivity index (χ4n) is 2.41. The van der Waals surface area contributed by atoms with Crippen molar-refractivity contribution in [2.24, 2.45) is 0 Å². The summed E-state index contributed by atoms with van der Waals surface area (Å²) < 4.78 is 5.70. The number of amides is 1. The van der Waals surface area contributed by atoms with Crippen LogP contribution >= 0.6 is 11.8 Å². The molecular formula is C20H16N2O4S. The lowest BCUT2D eigenvalue weighted by molar-refractivity contribution is -0.385. The first-order valence-corrected chi connectivity index (χ1v) is 9.26. The van der Waals surface area contributed by atoms with Gasteiger partial charge < -0.3 is 10.1 Å². The number of benzene rings is 3. The van der Waals surface area contributed by atoms with Crippen LogP contribution in [-0.2, 0) is 0 Å². The molecule has 7 heteroatoms. The molecule has 0 bridgehead atoms. The van der Waals surface area contributed by atoms with Crippen LogP contribution < -0.4 is 10.1 Å². The summed E-state index contributed by atoms with van der Waals surface area (Å²) in [6, 6.07) is 20.6. The smallest absolute Gasteiger partial charge is 0.282 e. The molecule has 1 N–H and O–H groups in total. The van der Waals surface area contributed by atoms with Gasteiger partial charge >= 0.3 is 0 Å². The monoisotopic (exact) mass is 380 g/mol. The van der Waals surface area contributed by atoms with E-state index in [1.807, 2.05) is 36.6 Å². The second kappa shape index (κ2) is 8.37. The van der Waals surface area contributed by atoms with Gasteiger partial charge in [0.15, 0.2) is 0 Å². The van der Waals surface area contributed by atoms with Gasteiger partial charge in [0.2, 0.25) is 0 Å². The highest BCUT2D eigenvalue weighted by atomic mass is 32.2. The molecule has 0 radical (unpaired) electrons. The Morgan fingerprint density at radius 3 is 2.30 bits per heavy atom. The number of carbonyl (C=O) groups is 1. The maximum absolute atomic E-state index is 12.5. The van der Waals surface area contributed by atoms with Crippen LogP contribution in [0.5, 0.6) is 11.5 Å². The summed E-state index contributed by atoms with van der Waals surface area (Å²) in [6.45, 7) is 0. The number of nitro groups is 1. The Morgan fingerprint density at radius 1 is 1.00 bits per heavy atom. The number of hydrogen-bond acceptors (Lipinski definition) is 5. The van der Waals surface area contributed by atoms with Gasteiger partial charge in [0, 0.05) is 16.6 Å². The van der Waals surface area contributed by atoms with Crippen molar-refractivity contribution in [3.05, 3.63) is 88.5 Å². The van der Waals surface area contributed by atoms with Gasteiger partial charge in [0.1, 0.15) is 17.1 Å². The first-order chi connectivity index (χ1) is 13.1. The van der Waals surface area contributed by atoms with E-state index in [1.54, 1.807) is 30.3 Å². The largest absolute Gasteiger partial charge is 0.457 e. The molecule has 3 aromatic carbocycles. The molecule has 0 saturated carbocycles. The molecule has 0 atom stereocenters.